The predicted molar refractivity (Wildman–Crippen MR) is 122 cm³/mol. The van der Waals surface area contributed by atoms with Crippen LogP contribution in [0.2, 0.25) is 0 Å². The summed E-state index contributed by atoms with van der Waals surface area (Å²) >= 11 is 0. The number of pyridine rings is 2. The van der Waals surface area contributed by atoms with Crippen LogP contribution < -0.4 is 15.3 Å². The third kappa shape index (κ3) is 4.79. The Morgan fingerprint density at radius 3 is 2.37 bits per heavy atom. The van der Waals surface area contributed by atoms with Crippen LogP contribution >= 0.6 is 0 Å². The van der Waals surface area contributed by atoms with Crippen LogP contribution in [-0.2, 0) is 6.18 Å². The third-order valence-corrected chi connectivity index (χ3v) is 6.52. The summed E-state index contributed by atoms with van der Waals surface area (Å²) in [7, 11) is 0. The minimum absolute atomic E-state index is 0.0178. The number of aromatic nitrogens is 2. The van der Waals surface area contributed by atoms with Gasteiger partial charge in [0, 0.05) is 25.0 Å². The minimum atomic E-state index is -4.48. The first-order chi connectivity index (χ1) is 16.7. The standard InChI is InChI=1S/C23H25F4N7O/c1-14-30-13-31-34(14)21-6-2-15(10-28-21)22(35)33(17-4-5-17)19-8-9-32(12-18(19)24)20-7-3-16(11-29-20)23(25,26)27/h2-3,6-7,10-11,17-19,31H,4-5,8-9,12-13H2,1H3/t18?,19-/m1/s1. The Hall–Kier alpha value is -3.28. The summed E-state index contributed by atoms with van der Waals surface area (Å²) < 4.78 is 53.8. The monoisotopic (exact) mass is 491 g/mol. The first-order valence-electron chi connectivity index (χ1n) is 11.5. The Morgan fingerprint density at radius 2 is 1.83 bits per heavy atom. The maximum atomic E-state index is 15.4. The Morgan fingerprint density at radius 1 is 1.09 bits per heavy atom. The molecule has 0 radical (unpaired) electrons. The topological polar surface area (TPSA) is 77.0 Å². The number of alkyl halides is 4. The van der Waals surface area contributed by atoms with Crippen molar-refractivity contribution in [3.8, 4) is 0 Å². The van der Waals surface area contributed by atoms with Gasteiger partial charge in [-0.15, -0.1) is 0 Å². The molecule has 5 rings (SSSR count). The summed E-state index contributed by atoms with van der Waals surface area (Å²) in [5.74, 6) is 1.40. The fraction of sp³-hybridized carbons (Fsp3) is 0.478. The van der Waals surface area contributed by atoms with E-state index in [4.69, 9.17) is 0 Å². The Bertz CT molecular complexity index is 1100. The van der Waals surface area contributed by atoms with E-state index in [2.05, 4.69) is 20.4 Å². The van der Waals surface area contributed by atoms with Crippen molar-refractivity contribution in [1.29, 1.82) is 0 Å². The molecule has 1 amide bonds. The van der Waals surface area contributed by atoms with Gasteiger partial charge in [-0.25, -0.2) is 24.8 Å². The minimum Gasteiger partial charge on any atom is -0.354 e. The van der Waals surface area contributed by atoms with Crippen LogP contribution in [0.3, 0.4) is 0 Å². The van der Waals surface area contributed by atoms with Crippen LogP contribution in [-0.4, -0.2) is 64.6 Å². The molecular weight excluding hydrogens is 466 g/mol. The molecule has 1 aliphatic carbocycles. The number of hydrogen-bond acceptors (Lipinski definition) is 7. The van der Waals surface area contributed by atoms with Gasteiger partial charge in [-0.05, 0) is 50.5 Å². The van der Waals surface area contributed by atoms with Gasteiger partial charge in [0.25, 0.3) is 5.91 Å². The van der Waals surface area contributed by atoms with Crippen molar-refractivity contribution in [2.45, 2.75) is 50.6 Å². The summed E-state index contributed by atoms with van der Waals surface area (Å²) in [5.41, 5.74) is 2.60. The molecular formula is C23H25F4N7O. The van der Waals surface area contributed by atoms with E-state index in [9.17, 15) is 18.0 Å². The molecule has 8 nitrogen and oxygen atoms in total. The Kier molecular flexibility index (Phi) is 6.07. The van der Waals surface area contributed by atoms with Crippen molar-refractivity contribution in [3.05, 3.63) is 47.8 Å². The van der Waals surface area contributed by atoms with Crippen LogP contribution in [0.4, 0.5) is 29.2 Å². The highest BCUT2D eigenvalue weighted by atomic mass is 19.4. The molecule has 0 bridgehead atoms. The molecule has 35 heavy (non-hydrogen) atoms. The van der Waals surface area contributed by atoms with E-state index in [1.54, 1.807) is 26.9 Å². The summed E-state index contributed by atoms with van der Waals surface area (Å²) in [6.07, 6.45) is -1.60. The van der Waals surface area contributed by atoms with Gasteiger partial charge in [0.2, 0.25) is 0 Å². The molecule has 1 unspecified atom stereocenters. The average molecular weight is 491 g/mol. The number of nitrogens with zero attached hydrogens (tertiary/aromatic N) is 6. The lowest BCUT2D eigenvalue weighted by Gasteiger charge is -2.41. The molecule has 2 aromatic rings. The highest BCUT2D eigenvalue weighted by Crippen LogP contribution is 2.35. The predicted octanol–water partition coefficient (Wildman–Crippen LogP) is 3.42. The molecule has 2 aromatic heterocycles. The van der Waals surface area contributed by atoms with E-state index in [0.717, 1.165) is 30.9 Å². The molecule has 1 saturated heterocycles. The average Bonchev–Trinajstić information content (AvgIpc) is 3.59. The molecule has 2 aliphatic heterocycles. The second-order valence-corrected chi connectivity index (χ2v) is 8.93. The van der Waals surface area contributed by atoms with Gasteiger partial charge in [0.05, 0.1) is 23.7 Å². The van der Waals surface area contributed by atoms with Crippen molar-refractivity contribution in [1.82, 2.24) is 20.3 Å². The number of carbonyl (C=O) groups is 1. The maximum Gasteiger partial charge on any atom is 0.417 e. The largest absolute Gasteiger partial charge is 0.417 e. The third-order valence-electron chi connectivity index (χ3n) is 6.52. The molecule has 0 spiro atoms. The summed E-state index contributed by atoms with van der Waals surface area (Å²) in [6.45, 7) is 2.65. The molecule has 186 valence electrons. The molecule has 1 N–H and O–H groups in total. The molecule has 0 aromatic carbocycles. The number of carbonyl (C=O) groups excluding carboxylic acids is 1. The van der Waals surface area contributed by atoms with Crippen molar-refractivity contribution in [2.75, 3.05) is 29.7 Å². The van der Waals surface area contributed by atoms with Crippen LogP contribution in [0.15, 0.2) is 41.7 Å². The van der Waals surface area contributed by atoms with Gasteiger partial charge in [-0.3, -0.25) is 9.79 Å². The van der Waals surface area contributed by atoms with Crippen molar-refractivity contribution >= 4 is 23.4 Å². The van der Waals surface area contributed by atoms with E-state index in [1.807, 2.05) is 6.92 Å². The van der Waals surface area contributed by atoms with E-state index in [0.29, 0.717) is 31.0 Å². The maximum absolute atomic E-state index is 15.4. The van der Waals surface area contributed by atoms with Gasteiger partial charge in [-0.2, -0.15) is 13.2 Å². The van der Waals surface area contributed by atoms with Gasteiger partial charge >= 0.3 is 6.18 Å². The molecule has 2 atom stereocenters. The highest BCUT2D eigenvalue weighted by molar-refractivity contribution is 5.97. The van der Waals surface area contributed by atoms with Crippen LogP contribution in [0, 0.1) is 0 Å². The quantitative estimate of drug-likeness (QED) is 0.646. The first-order valence-corrected chi connectivity index (χ1v) is 11.5. The number of rotatable bonds is 5. The second kappa shape index (κ2) is 9.06. The van der Waals surface area contributed by atoms with Crippen molar-refractivity contribution < 1.29 is 22.4 Å². The number of nitrogens with one attached hydrogen (secondary N) is 1. The molecule has 3 aliphatic rings. The number of amidine groups is 1. The zero-order chi connectivity index (χ0) is 24.7. The van der Waals surface area contributed by atoms with E-state index in [1.165, 1.54) is 12.3 Å². The van der Waals surface area contributed by atoms with Crippen molar-refractivity contribution in [3.63, 3.8) is 0 Å². The van der Waals surface area contributed by atoms with Gasteiger partial charge in [0.1, 0.15) is 30.3 Å². The molecule has 2 fully saturated rings. The van der Waals surface area contributed by atoms with Crippen LogP contribution in [0.5, 0.6) is 0 Å². The normalized spacial score (nSPS) is 22.8. The Balaban J connectivity index is 1.28. The van der Waals surface area contributed by atoms with Gasteiger partial charge < -0.3 is 9.80 Å². The van der Waals surface area contributed by atoms with E-state index < -0.39 is 24.0 Å². The van der Waals surface area contributed by atoms with Crippen molar-refractivity contribution in [2.24, 2.45) is 4.99 Å². The summed E-state index contributed by atoms with van der Waals surface area (Å²) in [6, 6.07) is 4.98. The van der Waals surface area contributed by atoms with E-state index in [-0.39, 0.29) is 24.3 Å². The van der Waals surface area contributed by atoms with E-state index >= 15 is 4.39 Å². The zero-order valence-corrected chi connectivity index (χ0v) is 19.0. The lowest BCUT2D eigenvalue weighted by atomic mass is 9.99. The zero-order valence-electron chi connectivity index (χ0n) is 19.0. The van der Waals surface area contributed by atoms with Crippen LogP contribution in [0.25, 0.3) is 0 Å². The number of aliphatic imine (C=N–C) groups is 1. The number of piperidine rings is 1. The SMILES string of the molecule is CC1=NCNN1c1ccc(C(=O)N(C2CC2)[C@@H]2CCN(c3ccc(C(F)(F)F)cn3)CC2F)cn1. The molecule has 4 heterocycles. The fourth-order valence-electron chi connectivity index (χ4n) is 4.54. The molecule has 12 heteroatoms. The summed E-state index contributed by atoms with van der Waals surface area (Å²) in [4.78, 5) is 29.2. The lowest BCUT2D eigenvalue weighted by Crippen LogP contribution is -2.55. The number of amides is 1. The number of anilines is 2. The first kappa shape index (κ1) is 23.5. The van der Waals surface area contributed by atoms with Gasteiger partial charge in [0.15, 0.2) is 0 Å². The van der Waals surface area contributed by atoms with Gasteiger partial charge in [-0.1, -0.05) is 0 Å². The Labute approximate surface area is 199 Å². The highest BCUT2D eigenvalue weighted by Gasteiger charge is 2.43. The summed E-state index contributed by atoms with van der Waals surface area (Å²) in [5, 5.41) is 1.73. The lowest BCUT2D eigenvalue weighted by molar-refractivity contribution is -0.137. The number of hydrazine groups is 1. The number of halogens is 4. The fourth-order valence-corrected chi connectivity index (χ4v) is 4.54. The smallest absolute Gasteiger partial charge is 0.354 e. The molecule has 1 saturated carbocycles. The second-order valence-electron chi connectivity index (χ2n) is 8.93. The number of hydrogen-bond donors (Lipinski definition) is 1. The van der Waals surface area contributed by atoms with Crippen LogP contribution in [0.1, 0.15) is 42.1 Å².